The molecule has 6 heteroatoms. The molecule has 0 saturated heterocycles. The lowest BCUT2D eigenvalue weighted by Crippen LogP contribution is -2.36. The first kappa shape index (κ1) is 15.5. The van der Waals surface area contributed by atoms with E-state index in [9.17, 15) is 9.18 Å². The zero-order valence-electron chi connectivity index (χ0n) is 11.3. The summed E-state index contributed by atoms with van der Waals surface area (Å²) in [5, 5.41) is 0. The maximum Gasteiger partial charge on any atom is 0.197 e. The third kappa shape index (κ3) is 3.03. The number of ketones is 1. The molecule has 0 aromatic heterocycles. The third-order valence-electron chi connectivity index (χ3n) is 3.26. The molecule has 0 radical (unpaired) electrons. The lowest BCUT2D eigenvalue weighted by molar-refractivity contribution is 0.0932. The van der Waals surface area contributed by atoms with Crippen molar-refractivity contribution in [2.45, 2.75) is 9.84 Å². The molecule has 22 heavy (non-hydrogen) atoms. The van der Waals surface area contributed by atoms with E-state index in [1.807, 2.05) is 30.3 Å². The smallest absolute Gasteiger partial charge is 0.197 e. The van der Waals surface area contributed by atoms with Gasteiger partial charge in [0.1, 0.15) is 19.0 Å². The number of carbonyl (C=O) groups is 1. The topological polar surface area (TPSA) is 35.5 Å². The standard InChI is InChI=1S/C16H11Br2FO3/c17-16(18)9-22-13-7-14(12(19)6-11(13)15(16)20)21-8-10-4-2-1-3-5-10/h1-7H,8-9H2. The lowest BCUT2D eigenvalue weighted by Gasteiger charge is -2.27. The van der Waals surface area contributed by atoms with Crippen molar-refractivity contribution in [1.82, 2.24) is 0 Å². The average molecular weight is 430 g/mol. The van der Waals surface area contributed by atoms with E-state index in [0.717, 1.165) is 11.6 Å². The van der Waals surface area contributed by atoms with Crippen LogP contribution in [0.3, 0.4) is 0 Å². The Balaban J connectivity index is 1.84. The summed E-state index contributed by atoms with van der Waals surface area (Å²) in [6.07, 6.45) is 0. The zero-order chi connectivity index (χ0) is 15.7. The maximum absolute atomic E-state index is 14.1. The van der Waals surface area contributed by atoms with Crippen molar-refractivity contribution in [1.29, 1.82) is 0 Å². The van der Waals surface area contributed by atoms with Gasteiger partial charge in [0.25, 0.3) is 0 Å². The summed E-state index contributed by atoms with van der Waals surface area (Å²) in [4.78, 5) is 12.2. The molecule has 3 rings (SSSR count). The van der Waals surface area contributed by atoms with Crippen LogP contribution in [0.5, 0.6) is 11.5 Å². The second kappa shape index (κ2) is 6.01. The molecular formula is C16H11Br2FO3. The Bertz CT molecular complexity index is 717. The predicted molar refractivity (Wildman–Crippen MR) is 87.6 cm³/mol. The van der Waals surface area contributed by atoms with Crippen molar-refractivity contribution >= 4 is 37.6 Å². The summed E-state index contributed by atoms with van der Waals surface area (Å²) in [5.74, 6) is -0.484. The van der Waals surface area contributed by atoms with Crippen LogP contribution >= 0.6 is 31.9 Å². The van der Waals surface area contributed by atoms with Crippen LogP contribution in [0.15, 0.2) is 42.5 Å². The van der Waals surface area contributed by atoms with Crippen LogP contribution in [-0.2, 0) is 6.61 Å². The van der Waals surface area contributed by atoms with Gasteiger partial charge in [0, 0.05) is 6.07 Å². The monoisotopic (exact) mass is 428 g/mol. The highest BCUT2D eigenvalue weighted by atomic mass is 79.9. The average Bonchev–Trinajstić information content (AvgIpc) is 2.51. The van der Waals surface area contributed by atoms with E-state index >= 15 is 0 Å². The molecule has 0 atom stereocenters. The molecule has 1 aliphatic heterocycles. The van der Waals surface area contributed by atoms with Gasteiger partial charge in [0.15, 0.2) is 20.6 Å². The predicted octanol–water partition coefficient (Wildman–Crippen LogP) is 4.47. The van der Waals surface area contributed by atoms with Gasteiger partial charge >= 0.3 is 0 Å². The van der Waals surface area contributed by atoms with Gasteiger partial charge in [-0.3, -0.25) is 4.79 Å². The van der Waals surface area contributed by atoms with Crippen molar-refractivity contribution < 1.29 is 18.7 Å². The van der Waals surface area contributed by atoms with Gasteiger partial charge in [-0.25, -0.2) is 4.39 Å². The van der Waals surface area contributed by atoms with Crippen LogP contribution in [0.25, 0.3) is 0 Å². The molecule has 0 amide bonds. The van der Waals surface area contributed by atoms with Crippen LogP contribution in [0, 0.1) is 5.82 Å². The third-order valence-corrected chi connectivity index (χ3v) is 4.44. The van der Waals surface area contributed by atoms with E-state index in [-0.39, 0.29) is 30.3 Å². The molecule has 3 nitrogen and oxygen atoms in total. The van der Waals surface area contributed by atoms with Gasteiger partial charge in [0.05, 0.1) is 5.56 Å². The summed E-state index contributed by atoms with van der Waals surface area (Å²) >= 11 is 6.44. The molecule has 2 aromatic rings. The minimum Gasteiger partial charge on any atom is -0.490 e. The van der Waals surface area contributed by atoms with Crippen LogP contribution in [-0.4, -0.2) is 15.6 Å². The maximum atomic E-state index is 14.1. The van der Waals surface area contributed by atoms with E-state index in [1.54, 1.807) is 0 Å². The molecule has 0 aliphatic carbocycles. The molecule has 1 heterocycles. The minimum absolute atomic E-state index is 0.0621. The first-order valence-electron chi connectivity index (χ1n) is 6.53. The number of alkyl halides is 2. The summed E-state index contributed by atoms with van der Waals surface area (Å²) in [6, 6.07) is 12.0. The van der Waals surface area contributed by atoms with E-state index in [4.69, 9.17) is 9.47 Å². The Kier molecular flexibility index (Phi) is 4.23. The number of halogens is 3. The number of hydrogen-bond donors (Lipinski definition) is 0. The van der Waals surface area contributed by atoms with Crippen molar-refractivity contribution in [2.75, 3.05) is 6.61 Å². The number of hydrogen-bond acceptors (Lipinski definition) is 3. The molecule has 2 aromatic carbocycles. The highest BCUT2D eigenvalue weighted by molar-refractivity contribution is 9.26. The van der Waals surface area contributed by atoms with Gasteiger partial charge in [0.2, 0.25) is 0 Å². The largest absolute Gasteiger partial charge is 0.490 e. The normalized spacial score (nSPS) is 15.9. The van der Waals surface area contributed by atoms with Crippen molar-refractivity contribution in [2.24, 2.45) is 0 Å². The van der Waals surface area contributed by atoms with Gasteiger partial charge < -0.3 is 9.47 Å². The van der Waals surface area contributed by atoms with Crippen molar-refractivity contribution in [3.05, 3.63) is 59.4 Å². The number of carbonyl (C=O) groups excluding carboxylic acids is 1. The quantitative estimate of drug-likeness (QED) is 0.675. The van der Waals surface area contributed by atoms with Gasteiger partial charge in [-0.1, -0.05) is 62.2 Å². The van der Waals surface area contributed by atoms with Crippen LogP contribution in [0.1, 0.15) is 15.9 Å². The zero-order valence-corrected chi connectivity index (χ0v) is 14.5. The molecule has 0 N–H and O–H groups in total. The van der Waals surface area contributed by atoms with Crippen LogP contribution in [0.2, 0.25) is 0 Å². The fraction of sp³-hybridized carbons (Fsp3) is 0.188. The van der Waals surface area contributed by atoms with Crippen molar-refractivity contribution in [3.63, 3.8) is 0 Å². The minimum atomic E-state index is -1.01. The van der Waals surface area contributed by atoms with Crippen molar-refractivity contribution in [3.8, 4) is 11.5 Å². The van der Waals surface area contributed by atoms with Crippen LogP contribution in [0.4, 0.5) is 4.39 Å². The van der Waals surface area contributed by atoms with Crippen LogP contribution < -0.4 is 9.47 Å². The van der Waals surface area contributed by atoms with E-state index < -0.39 is 9.05 Å². The lowest BCUT2D eigenvalue weighted by atomic mass is 10.0. The second-order valence-electron chi connectivity index (χ2n) is 4.88. The Labute approximate surface area is 143 Å². The number of ether oxygens (including phenoxy) is 2. The second-order valence-corrected chi connectivity index (χ2v) is 8.65. The summed E-state index contributed by atoms with van der Waals surface area (Å²) in [7, 11) is 0. The molecule has 0 fully saturated rings. The summed E-state index contributed by atoms with van der Waals surface area (Å²) in [6.45, 7) is 0.355. The number of fused-ring (bicyclic) bond motifs is 1. The SMILES string of the molecule is O=C1c2cc(F)c(OCc3ccccc3)cc2OCC1(Br)Br. The van der Waals surface area contributed by atoms with E-state index in [0.29, 0.717) is 5.75 Å². The fourth-order valence-electron chi connectivity index (χ4n) is 2.11. The molecule has 114 valence electrons. The number of Topliss-reactive ketones (excluding diaryl/α,β-unsaturated/α-hetero) is 1. The molecule has 0 spiro atoms. The fourth-order valence-corrected chi connectivity index (χ4v) is 2.76. The van der Waals surface area contributed by atoms with Gasteiger partial charge in [-0.2, -0.15) is 0 Å². The highest BCUT2D eigenvalue weighted by Crippen LogP contribution is 2.41. The first-order valence-corrected chi connectivity index (χ1v) is 8.12. The van der Waals surface area contributed by atoms with E-state index in [1.165, 1.54) is 6.07 Å². The highest BCUT2D eigenvalue weighted by Gasteiger charge is 2.40. The number of benzene rings is 2. The summed E-state index contributed by atoms with van der Waals surface area (Å²) in [5.41, 5.74) is 1.11. The van der Waals surface area contributed by atoms with Gasteiger partial charge in [-0.15, -0.1) is 0 Å². The van der Waals surface area contributed by atoms with Gasteiger partial charge in [-0.05, 0) is 11.6 Å². The summed E-state index contributed by atoms with van der Waals surface area (Å²) < 4.78 is 24.1. The molecular weight excluding hydrogens is 419 g/mol. The molecule has 1 aliphatic rings. The molecule has 0 unspecified atom stereocenters. The Morgan fingerprint density at radius 2 is 1.95 bits per heavy atom. The Morgan fingerprint density at radius 3 is 2.68 bits per heavy atom. The van der Waals surface area contributed by atoms with E-state index in [2.05, 4.69) is 31.9 Å². The number of rotatable bonds is 3. The Hall–Kier alpha value is -1.40. The molecule has 0 saturated carbocycles. The Morgan fingerprint density at radius 1 is 1.23 bits per heavy atom. The first-order chi connectivity index (χ1) is 10.5. The molecule has 0 bridgehead atoms.